The number of nitro benzene ring substituents is 1. The van der Waals surface area contributed by atoms with E-state index in [9.17, 15) is 10.1 Å². The molecule has 0 saturated heterocycles. The largest absolute Gasteiger partial charge is 0.463 e. The molecule has 0 radical (unpaired) electrons. The van der Waals surface area contributed by atoms with Crippen LogP contribution in [-0.4, -0.2) is 20.2 Å². The predicted molar refractivity (Wildman–Crippen MR) is 116 cm³/mol. The number of terminal acetylenes is 1. The number of imidazole rings is 1. The fraction of sp³-hybridized carbons (Fsp3) is 0.0833. The summed E-state index contributed by atoms with van der Waals surface area (Å²) in [4.78, 5) is 20.8. The van der Waals surface area contributed by atoms with E-state index in [4.69, 9.17) is 15.8 Å². The maximum Gasteiger partial charge on any atom is 0.278 e. The van der Waals surface area contributed by atoms with Gasteiger partial charge in [-0.3, -0.25) is 19.7 Å². The Hall–Kier alpha value is -4.44. The number of para-hydroxylation sites is 1. The average Bonchev–Trinajstić information content (AvgIpc) is 3.44. The molecule has 7 heteroatoms. The van der Waals surface area contributed by atoms with Crippen LogP contribution in [0.5, 0.6) is 0 Å². The fourth-order valence-electron chi connectivity index (χ4n) is 3.95. The second-order valence-electron chi connectivity index (χ2n) is 7.13. The summed E-state index contributed by atoms with van der Waals surface area (Å²) >= 11 is 0. The number of hydrogen-bond acceptors (Lipinski definition) is 5. The van der Waals surface area contributed by atoms with E-state index in [-0.39, 0.29) is 11.7 Å². The van der Waals surface area contributed by atoms with Gasteiger partial charge in [-0.05, 0) is 43.3 Å². The number of benzene rings is 2. The molecule has 0 spiro atoms. The number of fused-ring (bicyclic) bond motifs is 3. The number of hydrogen-bond donors (Lipinski definition) is 0. The fourth-order valence-corrected chi connectivity index (χ4v) is 3.95. The molecular weight excluding hydrogens is 392 g/mol. The van der Waals surface area contributed by atoms with Gasteiger partial charge in [0, 0.05) is 17.2 Å². The van der Waals surface area contributed by atoms with Gasteiger partial charge in [-0.1, -0.05) is 18.1 Å². The first-order valence-corrected chi connectivity index (χ1v) is 9.62. The van der Waals surface area contributed by atoms with E-state index in [1.54, 1.807) is 36.9 Å². The van der Waals surface area contributed by atoms with Gasteiger partial charge >= 0.3 is 0 Å². The molecule has 4 aromatic rings. The molecule has 0 saturated carbocycles. The van der Waals surface area contributed by atoms with Gasteiger partial charge in [0.15, 0.2) is 5.76 Å². The number of nitrogens with zero attached hydrogens (tertiary/aromatic N) is 4. The third-order valence-electron chi connectivity index (χ3n) is 5.31. The second-order valence-corrected chi connectivity index (χ2v) is 7.13. The van der Waals surface area contributed by atoms with Crippen LogP contribution in [0, 0.1) is 22.5 Å². The molecule has 31 heavy (non-hydrogen) atoms. The molecule has 1 aliphatic rings. The maximum atomic E-state index is 11.7. The van der Waals surface area contributed by atoms with Crippen LogP contribution < -0.4 is 0 Å². The van der Waals surface area contributed by atoms with Crippen LogP contribution in [0.4, 0.5) is 5.69 Å². The second kappa shape index (κ2) is 7.11. The van der Waals surface area contributed by atoms with Gasteiger partial charge in [-0.15, -0.1) is 6.42 Å². The molecular formula is C24H16N4O3. The van der Waals surface area contributed by atoms with Gasteiger partial charge in [0.1, 0.15) is 12.0 Å². The van der Waals surface area contributed by atoms with Crippen molar-refractivity contribution in [1.29, 1.82) is 0 Å². The molecule has 3 heterocycles. The highest BCUT2D eigenvalue weighted by Gasteiger charge is 2.29. The lowest BCUT2D eigenvalue weighted by atomic mass is 9.97. The summed E-state index contributed by atoms with van der Waals surface area (Å²) in [5, 5.41) is 11.7. The van der Waals surface area contributed by atoms with Gasteiger partial charge < -0.3 is 4.42 Å². The van der Waals surface area contributed by atoms with Crippen molar-refractivity contribution >= 4 is 11.4 Å². The van der Waals surface area contributed by atoms with E-state index in [0.29, 0.717) is 33.9 Å². The number of aliphatic imine (C=N–C) groups is 1. The van der Waals surface area contributed by atoms with Crippen molar-refractivity contribution in [2.75, 3.05) is 0 Å². The van der Waals surface area contributed by atoms with Gasteiger partial charge in [0.2, 0.25) is 0 Å². The summed E-state index contributed by atoms with van der Waals surface area (Å²) in [6.45, 7) is 1.93. The number of rotatable bonds is 3. The van der Waals surface area contributed by atoms with Crippen LogP contribution in [0.25, 0.3) is 17.1 Å². The summed E-state index contributed by atoms with van der Waals surface area (Å²) in [5.41, 5.74) is 4.61. The Bertz CT molecular complexity index is 1390. The monoisotopic (exact) mass is 408 g/mol. The SMILES string of the molecule is C#Cc1ccc2c(c1)C(c1ccccc1[N+](=O)[O-])=N[C@@H](C)c1c(-c3ccco3)ncn1-2. The van der Waals surface area contributed by atoms with Gasteiger partial charge in [0.25, 0.3) is 5.69 Å². The predicted octanol–water partition coefficient (Wildman–Crippen LogP) is 4.93. The number of nitro groups is 1. The van der Waals surface area contributed by atoms with E-state index < -0.39 is 4.92 Å². The van der Waals surface area contributed by atoms with Crippen molar-refractivity contribution in [3.63, 3.8) is 0 Å². The van der Waals surface area contributed by atoms with E-state index in [0.717, 1.165) is 11.4 Å². The molecule has 2 aromatic heterocycles. The highest BCUT2D eigenvalue weighted by Crippen LogP contribution is 2.37. The van der Waals surface area contributed by atoms with Crippen LogP contribution >= 0.6 is 0 Å². The zero-order chi connectivity index (χ0) is 21.5. The van der Waals surface area contributed by atoms with Crippen molar-refractivity contribution in [1.82, 2.24) is 9.55 Å². The Morgan fingerprint density at radius 3 is 2.74 bits per heavy atom. The molecule has 7 nitrogen and oxygen atoms in total. The Kier molecular flexibility index (Phi) is 4.26. The molecule has 0 fully saturated rings. The Morgan fingerprint density at radius 1 is 1.16 bits per heavy atom. The number of furan rings is 1. The number of aromatic nitrogens is 2. The molecule has 0 bridgehead atoms. The normalized spacial score (nSPS) is 14.7. The zero-order valence-corrected chi connectivity index (χ0v) is 16.5. The first kappa shape index (κ1) is 18.6. The Balaban J connectivity index is 1.83. The van der Waals surface area contributed by atoms with Crippen molar-refractivity contribution < 1.29 is 9.34 Å². The highest BCUT2D eigenvalue weighted by atomic mass is 16.6. The summed E-state index contributed by atoms with van der Waals surface area (Å²) in [7, 11) is 0. The Morgan fingerprint density at radius 2 is 2.00 bits per heavy atom. The van der Waals surface area contributed by atoms with Crippen molar-refractivity contribution in [2.45, 2.75) is 13.0 Å². The summed E-state index contributed by atoms with van der Waals surface area (Å²) < 4.78 is 7.53. The van der Waals surface area contributed by atoms with Crippen LogP contribution in [-0.2, 0) is 0 Å². The summed E-state index contributed by atoms with van der Waals surface area (Å²) in [6, 6.07) is 15.5. The van der Waals surface area contributed by atoms with E-state index in [1.807, 2.05) is 35.8 Å². The van der Waals surface area contributed by atoms with Crippen LogP contribution in [0.2, 0.25) is 0 Å². The van der Waals surface area contributed by atoms with Crippen LogP contribution in [0.15, 0.2) is 76.6 Å². The lowest BCUT2D eigenvalue weighted by Crippen LogP contribution is -2.10. The Labute approximate surface area is 177 Å². The van der Waals surface area contributed by atoms with E-state index >= 15 is 0 Å². The molecule has 0 N–H and O–H groups in total. The third-order valence-corrected chi connectivity index (χ3v) is 5.31. The van der Waals surface area contributed by atoms with Gasteiger partial charge in [-0.25, -0.2) is 4.98 Å². The van der Waals surface area contributed by atoms with Gasteiger partial charge in [-0.2, -0.15) is 0 Å². The molecule has 2 aromatic carbocycles. The molecule has 1 aliphatic heterocycles. The average molecular weight is 408 g/mol. The molecule has 150 valence electrons. The lowest BCUT2D eigenvalue weighted by Gasteiger charge is -2.12. The van der Waals surface area contributed by atoms with Gasteiger partial charge in [0.05, 0.1) is 39.9 Å². The quantitative estimate of drug-likeness (QED) is 0.273. The third kappa shape index (κ3) is 2.93. The summed E-state index contributed by atoms with van der Waals surface area (Å²) in [6.07, 6.45) is 8.96. The standard InChI is InChI=1S/C24H16N4O3/c1-3-16-10-11-19-18(13-16)22(17-7-4-5-8-20(17)28(29)30)26-15(2)24-23(25-14-27(19)24)21-9-6-12-31-21/h1,4-15H,2H3/t15-/m0/s1. The summed E-state index contributed by atoms with van der Waals surface area (Å²) in [5.74, 6) is 3.27. The van der Waals surface area contributed by atoms with E-state index in [1.165, 1.54) is 6.07 Å². The van der Waals surface area contributed by atoms with Crippen molar-refractivity contribution in [3.05, 3.63) is 99.7 Å². The molecule has 5 rings (SSSR count). The maximum absolute atomic E-state index is 11.7. The molecule has 0 amide bonds. The lowest BCUT2D eigenvalue weighted by molar-refractivity contribution is -0.385. The van der Waals surface area contributed by atoms with Crippen molar-refractivity contribution in [3.8, 4) is 29.5 Å². The smallest absolute Gasteiger partial charge is 0.278 e. The minimum Gasteiger partial charge on any atom is -0.463 e. The first-order valence-electron chi connectivity index (χ1n) is 9.62. The van der Waals surface area contributed by atoms with Crippen LogP contribution in [0.1, 0.15) is 35.3 Å². The molecule has 1 atom stereocenters. The van der Waals surface area contributed by atoms with Crippen molar-refractivity contribution in [2.24, 2.45) is 4.99 Å². The minimum absolute atomic E-state index is 0.0125. The van der Waals surface area contributed by atoms with Crippen LogP contribution in [0.3, 0.4) is 0 Å². The minimum atomic E-state index is -0.395. The zero-order valence-electron chi connectivity index (χ0n) is 16.5. The molecule has 0 aliphatic carbocycles. The highest BCUT2D eigenvalue weighted by molar-refractivity contribution is 6.17. The molecule has 0 unspecified atom stereocenters. The first-order chi connectivity index (χ1) is 15.1. The topological polar surface area (TPSA) is 86.5 Å². The van der Waals surface area contributed by atoms with E-state index in [2.05, 4.69) is 10.9 Å².